The zero-order chi connectivity index (χ0) is 27.0. The smallest absolute Gasteiger partial charge is 0.328 e. The van der Waals surface area contributed by atoms with Crippen LogP contribution in [0.5, 0.6) is 11.5 Å². The van der Waals surface area contributed by atoms with Gasteiger partial charge in [-0.25, -0.2) is 4.79 Å². The van der Waals surface area contributed by atoms with E-state index < -0.39 is 17.6 Å². The molecule has 9 heteroatoms. The molecule has 1 saturated heterocycles. The van der Waals surface area contributed by atoms with Gasteiger partial charge in [-0.05, 0) is 48.6 Å². The van der Waals surface area contributed by atoms with Gasteiger partial charge in [-0.1, -0.05) is 37.1 Å². The Hall–Kier alpha value is -3.56. The van der Waals surface area contributed by atoms with E-state index in [2.05, 4.69) is 15.2 Å². The number of hydrogen-bond donors (Lipinski definition) is 3. The van der Waals surface area contributed by atoms with E-state index in [1.54, 1.807) is 0 Å². The van der Waals surface area contributed by atoms with E-state index in [0.29, 0.717) is 30.9 Å². The molecule has 1 aromatic heterocycles. The highest BCUT2D eigenvalue weighted by Gasteiger charge is 2.49. The fourth-order valence-electron chi connectivity index (χ4n) is 6.74. The molecule has 1 amide bonds. The molecule has 2 fully saturated rings. The Morgan fingerprint density at radius 3 is 2.90 bits per heavy atom. The lowest BCUT2D eigenvalue weighted by molar-refractivity contribution is -0.146. The molecule has 206 valence electrons. The Kier molecular flexibility index (Phi) is 6.95. The number of nitrogens with one attached hydrogen (secondary N) is 2. The number of para-hydroxylation sites is 1. The molecule has 0 bridgehead atoms. The number of fused-ring (bicyclic) bond motifs is 3. The third-order valence-corrected chi connectivity index (χ3v) is 8.68. The van der Waals surface area contributed by atoms with Crippen molar-refractivity contribution in [1.82, 2.24) is 15.2 Å². The van der Waals surface area contributed by atoms with Crippen LogP contribution < -0.4 is 14.8 Å². The van der Waals surface area contributed by atoms with Crippen LogP contribution in [-0.4, -0.2) is 65.5 Å². The first-order valence-electron chi connectivity index (χ1n) is 13.7. The minimum atomic E-state index is -0.817. The standard InChI is InChI=1S/C30H35N3O6/c1-37-29(35)24(14-20-16-31-23-8-3-2-6-21(20)23)32-27(34)17-33-13-12-30(36)11-5-4-7-22(30)28(33)19-9-10-25-26(15-19)39-18-38-25/h2-3,6,8-10,15-16,22,24,28,31,36H,4-5,7,11-14,17-18H2,1H3,(H,32,34). The molecule has 4 unspecified atom stereocenters. The van der Waals surface area contributed by atoms with Crippen LogP contribution in [0.25, 0.3) is 10.9 Å². The van der Waals surface area contributed by atoms with Gasteiger partial charge >= 0.3 is 5.97 Å². The first kappa shape index (κ1) is 25.7. The van der Waals surface area contributed by atoms with Crippen molar-refractivity contribution in [1.29, 1.82) is 0 Å². The molecular weight excluding hydrogens is 498 g/mol. The molecule has 6 rings (SSSR count). The van der Waals surface area contributed by atoms with E-state index in [1.807, 2.05) is 48.7 Å². The number of aromatic amines is 1. The molecule has 2 aromatic carbocycles. The van der Waals surface area contributed by atoms with Gasteiger partial charge in [-0.15, -0.1) is 0 Å². The van der Waals surface area contributed by atoms with E-state index in [1.165, 1.54) is 7.11 Å². The minimum Gasteiger partial charge on any atom is -0.467 e. The topological polar surface area (TPSA) is 113 Å². The SMILES string of the molecule is COC(=O)C(Cc1c[nH]c2ccccc12)NC(=O)CN1CCC2(O)CCCCC2C1c1ccc2c(c1)OCO2. The van der Waals surface area contributed by atoms with Crippen LogP contribution in [0.3, 0.4) is 0 Å². The van der Waals surface area contributed by atoms with Crippen LogP contribution >= 0.6 is 0 Å². The van der Waals surface area contributed by atoms with Crippen molar-refractivity contribution in [2.75, 3.05) is 27.0 Å². The van der Waals surface area contributed by atoms with E-state index in [0.717, 1.165) is 47.7 Å². The lowest BCUT2D eigenvalue weighted by atomic mass is 9.66. The van der Waals surface area contributed by atoms with Crippen molar-refractivity contribution in [2.45, 2.75) is 56.2 Å². The molecule has 1 saturated carbocycles. The molecule has 2 aliphatic heterocycles. The third kappa shape index (κ3) is 4.96. The number of hydrogen-bond acceptors (Lipinski definition) is 7. The van der Waals surface area contributed by atoms with E-state index in [4.69, 9.17) is 14.2 Å². The monoisotopic (exact) mass is 533 g/mol. The maximum absolute atomic E-state index is 13.5. The lowest BCUT2D eigenvalue weighted by Gasteiger charge is -2.52. The predicted octanol–water partition coefficient (Wildman–Crippen LogP) is 3.47. The van der Waals surface area contributed by atoms with E-state index in [9.17, 15) is 14.7 Å². The van der Waals surface area contributed by atoms with Crippen molar-refractivity contribution in [3.63, 3.8) is 0 Å². The number of amides is 1. The number of esters is 1. The number of carbonyl (C=O) groups is 2. The first-order chi connectivity index (χ1) is 18.9. The number of methoxy groups -OCH3 is 1. The van der Waals surface area contributed by atoms with E-state index >= 15 is 0 Å². The predicted molar refractivity (Wildman–Crippen MR) is 144 cm³/mol. The van der Waals surface area contributed by atoms with Crippen LogP contribution in [0.15, 0.2) is 48.7 Å². The lowest BCUT2D eigenvalue weighted by Crippen LogP contribution is -2.57. The molecular formula is C30H35N3O6. The molecule has 3 aliphatic rings. The van der Waals surface area contributed by atoms with Crippen LogP contribution in [0.1, 0.15) is 49.3 Å². The van der Waals surface area contributed by atoms with Crippen molar-refractivity contribution in [3.8, 4) is 11.5 Å². The molecule has 39 heavy (non-hydrogen) atoms. The number of piperidine rings is 1. The molecule has 3 aromatic rings. The summed E-state index contributed by atoms with van der Waals surface area (Å²) >= 11 is 0. The molecule has 3 heterocycles. The summed E-state index contributed by atoms with van der Waals surface area (Å²) < 4.78 is 16.2. The number of H-pyrrole nitrogens is 1. The second-order valence-corrected chi connectivity index (χ2v) is 10.9. The average molecular weight is 534 g/mol. The number of ether oxygens (including phenoxy) is 3. The molecule has 0 radical (unpaired) electrons. The first-order valence-corrected chi connectivity index (χ1v) is 13.7. The number of aliphatic hydroxyl groups is 1. The Morgan fingerprint density at radius 2 is 2.03 bits per heavy atom. The summed E-state index contributed by atoms with van der Waals surface area (Å²) in [6.45, 7) is 0.867. The fourth-order valence-corrected chi connectivity index (χ4v) is 6.74. The van der Waals surface area contributed by atoms with Crippen LogP contribution in [0, 0.1) is 5.92 Å². The minimum absolute atomic E-state index is 0.00389. The summed E-state index contributed by atoms with van der Waals surface area (Å²) in [5.74, 6) is 0.650. The number of rotatable bonds is 7. The highest BCUT2D eigenvalue weighted by molar-refractivity contribution is 5.88. The number of aromatic nitrogens is 1. The van der Waals surface area contributed by atoms with Gasteiger partial charge in [0.25, 0.3) is 0 Å². The number of nitrogens with zero attached hydrogens (tertiary/aromatic N) is 1. The Bertz CT molecular complexity index is 1370. The second-order valence-electron chi connectivity index (χ2n) is 10.9. The maximum Gasteiger partial charge on any atom is 0.328 e. The molecule has 0 spiro atoms. The Labute approximate surface area is 227 Å². The summed E-state index contributed by atoms with van der Waals surface area (Å²) in [6.07, 6.45) is 6.51. The number of likely N-dealkylation sites (tertiary alicyclic amines) is 1. The van der Waals surface area contributed by atoms with Crippen LogP contribution in [0.4, 0.5) is 0 Å². The largest absolute Gasteiger partial charge is 0.467 e. The van der Waals surface area contributed by atoms with Crippen LogP contribution in [-0.2, 0) is 20.7 Å². The van der Waals surface area contributed by atoms with Crippen molar-refractivity contribution >= 4 is 22.8 Å². The summed E-state index contributed by atoms with van der Waals surface area (Å²) in [7, 11) is 1.33. The number of benzene rings is 2. The summed E-state index contributed by atoms with van der Waals surface area (Å²) in [4.78, 5) is 31.5. The van der Waals surface area contributed by atoms with Crippen molar-refractivity contribution < 1.29 is 28.9 Å². The van der Waals surface area contributed by atoms with Gasteiger partial charge in [0.05, 0.1) is 19.3 Å². The zero-order valence-electron chi connectivity index (χ0n) is 22.2. The zero-order valence-corrected chi connectivity index (χ0v) is 22.2. The highest BCUT2D eigenvalue weighted by Crippen LogP contribution is 2.50. The normalized spacial score (nSPS) is 25.2. The second kappa shape index (κ2) is 10.5. The van der Waals surface area contributed by atoms with Crippen LogP contribution in [0.2, 0.25) is 0 Å². The van der Waals surface area contributed by atoms with Gasteiger partial charge < -0.3 is 29.6 Å². The van der Waals surface area contributed by atoms with E-state index in [-0.39, 0.29) is 31.2 Å². The quantitative estimate of drug-likeness (QED) is 0.399. The van der Waals surface area contributed by atoms with Crippen molar-refractivity contribution in [3.05, 3.63) is 59.8 Å². The Balaban J connectivity index is 1.23. The summed E-state index contributed by atoms with van der Waals surface area (Å²) in [6, 6.07) is 12.8. The van der Waals surface area contributed by atoms with Gasteiger partial charge in [-0.3, -0.25) is 9.69 Å². The maximum atomic E-state index is 13.5. The van der Waals surface area contributed by atoms with Gasteiger partial charge in [0, 0.05) is 42.0 Å². The van der Waals surface area contributed by atoms with Gasteiger partial charge in [0.1, 0.15) is 6.04 Å². The van der Waals surface area contributed by atoms with Crippen molar-refractivity contribution in [2.24, 2.45) is 5.92 Å². The Morgan fingerprint density at radius 1 is 1.18 bits per heavy atom. The average Bonchev–Trinajstić information content (AvgIpc) is 3.59. The fraction of sp³-hybridized carbons (Fsp3) is 0.467. The van der Waals surface area contributed by atoms with Gasteiger partial charge in [-0.2, -0.15) is 0 Å². The molecule has 3 N–H and O–H groups in total. The third-order valence-electron chi connectivity index (χ3n) is 8.68. The molecule has 9 nitrogen and oxygen atoms in total. The molecule has 4 atom stereocenters. The summed E-state index contributed by atoms with van der Waals surface area (Å²) in [5.41, 5.74) is 2.16. The highest BCUT2D eigenvalue weighted by atomic mass is 16.7. The number of carbonyl (C=O) groups excluding carboxylic acids is 2. The molecule has 1 aliphatic carbocycles. The van der Waals surface area contributed by atoms with Gasteiger partial charge in [0.15, 0.2) is 11.5 Å². The van der Waals surface area contributed by atoms with Gasteiger partial charge in [0.2, 0.25) is 12.7 Å². The summed E-state index contributed by atoms with van der Waals surface area (Å²) in [5, 5.41) is 15.5.